The second kappa shape index (κ2) is 13.0. The summed E-state index contributed by atoms with van der Waals surface area (Å²) in [7, 11) is 0. The lowest BCUT2D eigenvalue weighted by molar-refractivity contribution is -0.137. The third-order valence-electron chi connectivity index (χ3n) is 6.44. The molecule has 2 N–H and O–H groups in total. The van der Waals surface area contributed by atoms with Gasteiger partial charge in [0.1, 0.15) is 5.75 Å². The van der Waals surface area contributed by atoms with Crippen molar-refractivity contribution >= 4 is 35.0 Å². The molecule has 0 spiro atoms. The van der Waals surface area contributed by atoms with Crippen LogP contribution in [0.2, 0.25) is 10.0 Å². The molecule has 1 heterocycles. The van der Waals surface area contributed by atoms with Gasteiger partial charge < -0.3 is 19.9 Å². The van der Waals surface area contributed by atoms with E-state index in [0.717, 1.165) is 12.1 Å². The number of benzene rings is 3. The molecule has 3 aromatic rings. The topological polar surface area (TPSA) is 80.2 Å². The third kappa shape index (κ3) is 7.04. The Hall–Kier alpha value is -3.53. The maximum Gasteiger partial charge on any atom is 0.416 e. The van der Waals surface area contributed by atoms with Crippen LogP contribution >= 0.6 is 23.2 Å². The zero-order valence-corrected chi connectivity index (χ0v) is 23.3. The van der Waals surface area contributed by atoms with Crippen molar-refractivity contribution in [2.45, 2.75) is 37.2 Å². The predicted octanol–water partition coefficient (Wildman–Crippen LogP) is 6.92. The molecule has 3 aromatic carbocycles. The van der Waals surface area contributed by atoms with Crippen molar-refractivity contribution in [2.75, 3.05) is 13.2 Å². The first-order valence-electron chi connectivity index (χ1n) is 12.7. The lowest BCUT2D eigenvalue weighted by Gasteiger charge is -2.30. The Morgan fingerprint density at radius 1 is 1.15 bits per heavy atom. The van der Waals surface area contributed by atoms with Gasteiger partial charge >= 0.3 is 6.18 Å². The summed E-state index contributed by atoms with van der Waals surface area (Å²) in [5.74, 6) is 0.165. The summed E-state index contributed by atoms with van der Waals surface area (Å²) in [4.78, 5) is 18.6. The van der Waals surface area contributed by atoms with E-state index in [2.05, 4.69) is 11.9 Å². The molecule has 0 saturated carbocycles. The van der Waals surface area contributed by atoms with E-state index in [-0.39, 0.29) is 36.1 Å². The van der Waals surface area contributed by atoms with Gasteiger partial charge in [0.2, 0.25) is 5.90 Å². The van der Waals surface area contributed by atoms with Gasteiger partial charge in [-0.15, -0.1) is 6.58 Å². The van der Waals surface area contributed by atoms with Gasteiger partial charge in [0.25, 0.3) is 5.91 Å². The fraction of sp³-hybridized carbons (Fsp3) is 0.267. The van der Waals surface area contributed by atoms with Gasteiger partial charge in [0.05, 0.1) is 12.2 Å². The number of amides is 1. The highest BCUT2D eigenvalue weighted by Gasteiger charge is 2.53. The highest BCUT2D eigenvalue weighted by atomic mass is 35.5. The summed E-state index contributed by atoms with van der Waals surface area (Å²) in [6.07, 6.45) is -3.47. The number of ether oxygens (including phenoxy) is 2. The Labute approximate surface area is 245 Å². The van der Waals surface area contributed by atoms with Crippen LogP contribution in [0.5, 0.6) is 5.75 Å². The molecule has 1 aliphatic rings. The second-order valence-corrected chi connectivity index (χ2v) is 10.2. The monoisotopic (exact) mass is 606 g/mol. The number of hydrogen-bond donors (Lipinski definition) is 2. The zero-order chi connectivity index (χ0) is 29.6. The number of aliphatic hydroxyl groups is 1. The summed E-state index contributed by atoms with van der Waals surface area (Å²) in [6.45, 7) is 3.99. The molecule has 0 radical (unpaired) electrons. The van der Waals surface area contributed by atoms with E-state index < -0.39 is 29.3 Å². The first kappa shape index (κ1) is 30.4. The quantitative estimate of drug-likeness (QED) is 0.183. The molecule has 0 unspecified atom stereocenters. The molecule has 2 atom stereocenters. The predicted molar refractivity (Wildman–Crippen MR) is 151 cm³/mol. The van der Waals surface area contributed by atoms with Crippen LogP contribution in [0.1, 0.15) is 41.2 Å². The van der Waals surface area contributed by atoms with Crippen molar-refractivity contribution in [3.63, 3.8) is 0 Å². The van der Waals surface area contributed by atoms with Gasteiger partial charge in [0, 0.05) is 47.2 Å². The fourth-order valence-corrected chi connectivity index (χ4v) is 4.93. The molecule has 0 bridgehead atoms. The molecule has 0 aromatic heterocycles. The highest BCUT2D eigenvalue weighted by molar-refractivity contribution is 6.35. The number of carbonyl (C=O) groups excluding carboxylic acids is 1. The molecule has 0 fully saturated rings. The number of carbonyl (C=O) groups is 1. The standard InChI is InChI=1S/C30H27Cl2F3N2O4/c1-2-13-29(28(39)36-18-19-5-3-6-21(16-19)30(33,34)35)26(24-12-9-22(31)17-25(24)32)41-27(37-29)20-7-10-23(11-8-20)40-15-4-14-38/h2-3,5-12,16-17,26,38H,1,4,13-15,18H2,(H,36,39)/t26-,29-/m1/s1. The lowest BCUT2D eigenvalue weighted by Crippen LogP contribution is -2.47. The molecule has 4 rings (SSSR count). The Balaban J connectivity index is 1.69. The van der Waals surface area contributed by atoms with E-state index in [4.69, 9.17) is 42.8 Å². The van der Waals surface area contributed by atoms with Gasteiger partial charge in [-0.3, -0.25) is 4.79 Å². The van der Waals surface area contributed by atoms with E-state index in [9.17, 15) is 18.0 Å². The van der Waals surface area contributed by atoms with Crippen LogP contribution in [-0.4, -0.2) is 35.7 Å². The second-order valence-electron chi connectivity index (χ2n) is 9.33. The van der Waals surface area contributed by atoms with Crippen molar-refractivity contribution < 1.29 is 32.5 Å². The van der Waals surface area contributed by atoms with Crippen molar-refractivity contribution in [1.82, 2.24) is 5.32 Å². The van der Waals surface area contributed by atoms with Crippen LogP contribution in [0.25, 0.3) is 0 Å². The van der Waals surface area contributed by atoms with Crippen molar-refractivity contribution in [2.24, 2.45) is 4.99 Å². The van der Waals surface area contributed by atoms with E-state index in [1.54, 1.807) is 36.4 Å². The minimum Gasteiger partial charge on any atom is -0.494 e. The lowest BCUT2D eigenvalue weighted by atomic mass is 9.84. The minimum atomic E-state index is -4.52. The number of aliphatic hydroxyl groups excluding tert-OH is 1. The van der Waals surface area contributed by atoms with Crippen LogP contribution in [0.3, 0.4) is 0 Å². The largest absolute Gasteiger partial charge is 0.494 e. The molecule has 6 nitrogen and oxygen atoms in total. The summed E-state index contributed by atoms with van der Waals surface area (Å²) in [5, 5.41) is 12.3. The fourth-order valence-electron chi connectivity index (χ4n) is 4.42. The number of halogens is 5. The number of nitrogens with one attached hydrogen (secondary N) is 1. The molecule has 0 aliphatic carbocycles. The number of alkyl halides is 3. The van der Waals surface area contributed by atoms with Gasteiger partial charge in [-0.1, -0.05) is 47.5 Å². The molecular weight excluding hydrogens is 580 g/mol. The average molecular weight is 607 g/mol. The van der Waals surface area contributed by atoms with Crippen LogP contribution in [0.4, 0.5) is 13.2 Å². The first-order valence-corrected chi connectivity index (χ1v) is 13.4. The third-order valence-corrected chi connectivity index (χ3v) is 7.00. The van der Waals surface area contributed by atoms with Crippen molar-refractivity contribution in [3.8, 4) is 5.75 Å². The Morgan fingerprint density at radius 3 is 2.56 bits per heavy atom. The van der Waals surface area contributed by atoms with Crippen LogP contribution in [0, 0.1) is 0 Å². The molecule has 41 heavy (non-hydrogen) atoms. The SMILES string of the molecule is C=CC[C@@]1(C(=O)NCc2cccc(C(F)(F)F)c2)N=C(c2ccc(OCCCO)cc2)O[C@@H]1c1ccc(Cl)cc1Cl. The first-order chi connectivity index (χ1) is 19.6. The van der Waals surface area contributed by atoms with Crippen LogP contribution in [0.15, 0.2) is 84.4 Å². The summed E-state index contributed by atoms with van der Waals surface area (Å²) < 4.78 is 51.5. The van der Waals surface area contributed by atoms with Gasteiger partial charge in [-0.25, -0.2) is 4.99 Å². The van der Waals surface area contributed by atoms with E-state index >= 15 is 0 Å². The van der Waals surface area contributed by atoms with Crippen LogP contribution in [-0.2, 0) is 22.3 Å². The normalized spacial score (nSPS) is 18.4. The van der Waals surface area contributed by atoms with Gasteiger partial charge in [-0.05, 0) is 54.1 Å². The maximum absolute atomic E-state index is 13.9. The summed E-state index contributed by atoms with van der Waals surface area (Å²) in [6, 6.07) is 16.4. The van der Waals surface area contributed by atoms with E-state index in [1.807, 2.05) is 0 Å². The molecule has 1 amide bonds. The molecule has 216 valence electrons. The number of nitrogens with zero attached hydrogens (tertiary/aromatic N) is 1. The summed E-state index contributed by atoms with van der Waals surface area (Å²) in [5.41, 5.74) is -1.11. The van der Waals surface area contributed by atoms with Crippen molar-refractivity contribution in [1.29, 1.82) is 0 Å². The highest BCUT2D eigenvalue weighted by Crippen LogP contribution is 2.45. The van der Waals surface area contributed by atoms with Gasteiger partial charge in [0.15, 0.2) is 11.6 Å². The number of rotatable bonds is 11. The smallest absolute Gasteiger partial charge is 0.416 e. The molecule has 11 heteroatoms. The number of hydrogen-bond acceptors (Lipinski definition) is 5. The molecule has 1 aliphatic heterocycles. The molecule has 0 saturated heterocycles. The average Bonchev–Trinajstić information content (AvgIpc) is 3.32. The Morgan fingerprint density at radius 2 is 1.90 bits per heavy atom. The van der Waals surface area contributed by atoms with E-state index in [0.29, 0.717) is 34.9 Å². The van der Waals surface area contributed by atoms with Crippen LogP contribution < -0.4 is 10.1 Å². The zero-order valence-electron chi connectivity index (χ0n) is 21.8. The van der Waals surface area contributed by atoms with Gasteiger partial charge in [-0.2, -0.15) is 13.2 Å². The minimum absolute atomic E-state index is 0.0125. The number of aliphatic imine (C=N–C) groups is 1. The summed E-state index contributed by atoms with van der Waals surface area (Å²) >= 11 is 12.6. The Bertz CT molecular complexity index is 1430. The van der Waals surface area contributed by atoms with Crippen molar-refractivity contribution in [3.05, 3.63) is 112 Å². The Kier molecular flexibility index (Phi) is 9.63. The van der Waals surface area contributed by atoms with E-state index in [1.165, 1.54) is 24.3 Å². The molecular formula is C30H27Cl2F3N2O4. The maximum atomic E-state index is 13.9.